The maximum absolute atomic E-state index is 5.75. The highest BCUT2D eigenvalue weighted by molar-refractivity contribution is 4.87. The summed E-state index contributed by atoms with van der Waals surface area (Å²) in [5.41, 5.74) is 5.75. The van der Waals surface area contributed by atoms with Crippen molar-refractivity contribution >= 4 is 0 Å². The van der Waals surface area contributed by atoms with E-state index < -0.39 is 0 Å². The van der Waals surface area contributed by atoms with Gasteiger partial charge >= 0.3 is 0 Å². The predicted octanol–water partition coefficient (Wildman–Crippen LogP) is 4.19. The predicted molar refractivity (Wildman–Crippen MR) is 87.9 cm³/mol. The summed E-state index contributed by atoms with van der Waals surface area (Å²) < 4.78 is 0. The fraction of sp³-hybridized carbons (Fsp3) is 1.00. The quantitative estimate of drug-likeness (QED) is 0.722. The Morgan fingerprint density at radius 2 is 1.85 bits per heavy atom. The van der Waals surface area contributed by atoms with E-state index >= 15 is 0 Å². The van der Waals surface area contributed by atoms with Crippen LogP contribution in [0.2, 0.25) is 0 Å². The van der Waals surface area contributed by atoms with Gasteiger partial charge in [-0.2, -0.15) is 0 Å². The molecule has 0 aromatic heterocycles. The molecule has 2 rings (SSSR count). The Morgan fingerprint density at radius 3 is 2.65 bits per heavy atom. The lowest BCUT2D eigenvalue weighted by atomic mass is 9.78. The lowest BCUT2D eigenvalue weighted by molar-refractivity contribution is 0.0584. The van der Waals surface area contributed by atoms with E-state index in [1.165, 1.54) is 83.7 Å². The molecule has 0 aromatic carbocycles. The molecule has 0 radical (unpaired) electrons. The van der Waals surface area contributed by atoms with Crippen LogP contribution in [0.25, 0.3) is 0 Å². The minimum atomic E-state index is 0.874. The van der Waals surface area contributed by atoms with Crippen LogP contribution in [0.4, 0.5) is 0 Å². The Hall–Kier alpha value is -0.0800. The maximum Gasteiger partial charge on any atom is 0.0123 e. The highest BCUT2D eigenvalue weighted by atomic mass is 15.2. The van der Waals surface area contributed by atoms with Crippen LogP contribution >= 0.6 is 0 Å². The summed E-state index contributed by atoms with van der Waals surface area (Å²) in [7, 11) is 0. The molecule has 2 nitrogen and oxygen atoms in total. The Labute approximate surface area is 126 Å². The number of piperidine rings is 1. The Morgan fingerprint density at radius 1 is 1.05 bits per heavy atom. The van der Waals surface area contributed by atoms with Crippen LogP contribution in [0.1, 0.15) is 77.6 Å². The summed E-state index contributed by atoms with van der Waals surface area (Å²) >= 11 is 0. The number of fused-ring (bicyclic) bond motifs is 1. The van der Waals surface area contributed by atoms with Crippen LogP contribution in [0, 0.1) is 11.8 Å². The van der Waals surface area contributed by atoms with E-state index in [0.717, 1.165) is 24.4 Å². The van der Waals surface area contributed by atoms with Gasteiger partial charge in [0.25, 0.3) is 0 Å². The van der Waals surface area contributed by atoms with Crippen molar-refractivity contribution in [3.8, 4) is 0 Å². The number of hydrogen-bond donors (Lipinski definition) is 1. The van der Waals surface area contributed by atoms with Crippen molar-refractivity contribution in [2.24, 2.45) is 17.6 Å². The van der Waals surface area contributed by atoms with Crippen molar-refractivity contribution in [2.75, 3.05) is 19.6 Å². The van der Waals surface area contributed by atoms with Gasteiger partial charge in [0.2, 0.25) is 0 Å². The highest BCUT2D eigenvalue weighted by Gasteiger charge is 2.32. The van der Waals surface area contributed by atoms with Crippen molar-refractivity contribution in [3.63, 3.8) is 0 Å². The van der Waals surface area contributed by atoms with Gasteiger partial charge in [-0.15, -0.1) is 0 Å². The van der Waals surface area contributed by atoms with Gasteiger partial charge < -0.3 is 10.6 Å². The third-order valence-electron chi connectivity index (χ3n) is 5.69. The van der Waals surface area contributed by atoms with Gasteiger partial charge in [0.15, 0.2) is 0 Å². The topological polar surface area (TPSA) is 29.3 Å². The number of likely N-dealkylation sites (tertiary alicyclic amines) is 1. The fourth-order valence-electron chi connectivity index (χ4n) is 4.67. The summed E-state index contributed by atoms with van der Waals surface area (Å²) in [6.45, 7) is 5.91. The number of rotatable bonds is 8. The van der Waals surface area contributed by atoms with E-state index in [9.17, 15) is 0 Å². The van der Waals surface area contributed by atoms with Crippen LogP contribution in [0.3, 0.4) is 0 Å². The van der Waals surface area contributed by atoms with E-state index in [1.54, 1.807) is 0 Å². The summed E-state index contributed by atoms with van der Waals surface area (Å²) in [6, 6.07) is 0.941. The number of nitrogens with two attached hydrogens (primary N) is 1. The molecule has 3 atom stereocenters. The zero-order valence-corrected chi connectivity index (χ0v) is 13.7. The molecule has 2 heteroatoms. The molecule has 1 saturated heterocycles. The smallest absolute Gasteiger partial charge is 0.0123 e. The zero-order chi connectivity index (χ0) is 14.2. The third kappa shape index (κ3) is 4.73. The number of nitrogens with zero attached hydrogens (tertiary/aromatic N) is 1. The van der Waals surface area contributed by atoms with Gasteiger partial charge in [-0.3, -0.25) is 0 Å². The lowest BCUT2D eigenvalue weighted by Crippen LogP contribution is -2.47. The largest absolute Gasteiger partial charge is 0.330 e. The molecule has 2 aliphatic rings. The van der Waals surface area contributed by atoms with Crippen LogP contribution in [0.5, 0.6) is 0 Å². The van der Waals surface area contributed by atoms with Gasteiger partial charge in [-0.25, -0.2) is 0 Å². The minimum absolute atomic E-state index is 0.874. The Bertz CT molecular complexity index is 246. The first-order valence-electron chi connectivity index (χ1n) is 9.29. The minimum Gasteiger partial charge on any atom is -0.330 e. The average molecular weight is 280 g/mol. The van der Waals surface area contributed by atoms with Crippen molar-refractivity contribution in [1.29, 1.82) is 0 Å². The molecule has 20 heavy (non-hydrogen) atoms. The standard InChI is InChI=1S/C18H36N2/c1-2-7-16(12-13-19)8-5-14-20-15-6-10-17-9-3-4-11-18(17)20/h16-18H,2-15,19H2,1H3/t16?,17-,18-/m1/s1. The van der Waals surface area contributed by atoms with Gasteiger partial charge in [-0.05, 0) is 76.4 Å². The molecule has 1 aliphatic heterocycles. The first kappa shape index (κ1) is 16.3. The highest BCUT2D eigenvalue weighted by Crippen LogP contribution is 2.35. The van der Waals surface area contributed by atoms with E-state index in [1.807, 2.05) is 0 Å². The molecule has 1 saturated carbocycles. The molecule has 1 unspecified atom stereocenters. The van der Waals surface area contributed by atoms with Crippen molar-refractivity contribution in [2.45, 2.75) is 83.6 Å². The summed E-state index contributed by atoms with van der Waals surface area (Å²) in [5, 5.41) is 0. The van der Waals surface area contributed by atoms with E-state index in [2.05, 4.69) is 11.8 Å². The van der Waals surface area contributed by atoms with Crippen LogP contribution in [0.15, 0.2) is 0 Å². The van der Waals surface area contributed by atoms with E-state index in [0.29, 0.717) is 0 Å². The molecule has 0 amide bonds. The lowest BCUT2D eigenvalue weighted by Gasteiger charge is -2.44. The molecule has 0 bridgehead atoms. The Balaban J connectivity index is 1.71. The van der Waals surface area contributed by atoms with Gasteiger partial charge in [0, 0.05) is 6.04 Å². The summed E-state index contributed by atoms with van der Waals surface area (Å²) in [5.74, 6) is 1.92. The average Bonchev–Trinajstić information content (AvgIpc) is 2.48. The second-order valence-electron chi connectivity index (χ2n) is 7.16. The second-order valence-corrected chi connectivity index (χ2v) is 7.16. The maximum atomic E-state index is 5.75. The van der Waals surface area contributed by atoms with Gasteiger partial charge in [-0.1, -0.05) is 32.6 Å². The summed E-state index contributed by atoms with van der Waals surface area (Å²) in [6.07, 6.45) is 15.6. The first-order valence-corrected chi connectivity index (χ1v) is 9.29. The normalized spacial score (nSPS) is 29.1. The SMILES string of the molecule is CCCC(CCN)CCCN1CCC[C@H]2CCCC[C@H]21. The van der Waals surface area contributed by atoms with Crippen LogP contribution < -0.4 is 5.73 Å². The third-order valence-corrected chi connectivity index (χ3v) is 5.69. The monoisotopic (exact) mass is 280 g/mol. The molecular formula is C18H36N2. The molecule has 0 aromatic rings. The number of hydrogen-bond acceptors (Lipinski definition) is 2. The molecule has 2 fully saturated rings. The molecule has 118 valence electrons. The molecule has 0 spiro atoms. The van der Waals surface area contributed by atoms with Gasteiger partial charge in [0.05, 0.1) is 0 Å². The van der Waals surface area contributed by atoms with Crippen molar-refractivity contribution < 1.29 is 0 Å². The van der Waals surface area contributed by atoms with Crippen LogP contribution in [-0.2, 0) is 0 Å². The molecule has 2 N–H and O–H groups in total. The molecule has 1 aliphatic carbocycles. The van der Waals surface area contributed by atoms with E-state index in [4.69, 9.17) is 5.73 Å². The van der Waals surface area contributed by atoms with Crippen molar-refractivity contribution in [1.82, 2.24) is 4.90 Å². The van der Waals surface area contributed by atoms with Crippen LogP contribution in [-0.4, -0.2) is 30.6 Å². The summed E-state index contributed by atoms with van der Waals surface area (Å²) in [4.78, 5) is 2.85. The fourth-order valence-corrected chi connectivity index (χ4v) is 4.67. The zero-order valence-electron chi connectivity index (χ0n) is 13.7. The van der Waals surface area contributed by atoms with E-state index in [-0.39, 0.29) is 0 Å². The molecule has 1 heterocycles. The van der Waals surface area contributed by atoms with Crippen molar-refractivity contribution in [3.05, 3.63) is 0 Å². The first-order chi connectivity index (χ1) is 9.85. The van der Waals surface area contributed by atoms with Gasteiger partial charge in [0.1, 0.15) is 0 Å². The molecular weight excluding hydrogens is 244 g/mol. The Kier molecular flexibility index (Phi) is 7.37. The second kappa shape index (κ2) is 9.04.